The molecular formula is C11H20N2O3. The molecule has 16 heavy (non-hydrogen) atoms. The number of likely N-dealkylation sites (N-methyl/N-ethyl adjacent to an activating group) is 1. The van der Waals surface area contributed by atoms with Crippen molar-refractivity contribution in [3.05, 3.63) is 0 Å². The third-order valence-electron chi connectivity index (χ3n) is 3.32. The highest BCUT2D eigenvalue weighted by molar-refractivity contribution is 5.82. The number of hydrogen-bond donors (Lipinski definition) is 1. The van der Waals surface area contributed by atoms with Crippen molar-refractivity contribution in [2.24, 2.45) is 5.92 Å². The first-order valence-corrected chi connectivity index (χ1v) is 5.64. The minimum atomic E-state index is -0.979. The van der Waals surface area contributed by atoms with E-state index in [1.807, 2.05) is 0 Å². The van der Waals surface area contributed by atoms with Crippen LogP contribution in [0.2, 0.25) is 0 Å². The van der Waals surface area contributed by atoms with Crippen LogP contribution in [0.25, 0.3) is 0 Å². The summed E-state index contributed by atoms with van der Waals surface area (Å²) in [5.41, 5.74) is 0. The number of rotatable bonds is 4. The van der Waals surface area contributed by atoms with Crippen molar-refractivity contribution in [2.45, 2.75) is 32.2 Å². The zero-order valence-electron chi connectivity index (χ0n) is 10.1. The molecule has 1 atom stereocenters. The lowest BCUT2D eigenvalue weighted by atomic mass is 9.85. The van der Waals surface area contributed by atoms with Crippen molar-refractivity contribution in [1.29, 1.82) is 0 Å². The number of hydrogen-bond acceptors (Lipinski definition) is 2. The van der Waals surface area contributed by atoms with E-state index in [0.717, 1.165) is 6.54 Å². The summed E-state index contributed by atoms with van der Waals surface area (Å²) in [6.45, 7) is 2.24. The van der Waals surface area contributed by atoms with Crippen LogP contribution in [0.1, 0.15) is 26.2 Å². The predicted octanol–water partition coefficient (Wildman–Crippen LogP) is 1.24. The molecule has 0 heterocycles. The zero-order valence-corrected chi connectivity index (χ0v) is 10.1. The Labute approximate surface area is 96.0 Å². The summed E-state index contributed by atoms with van der Waals surface area (Å²) in [5.74, 6) is -0.379. The summed E-state index contributed by atoms with van der Waals surface area (Å²) in [5, 5.41) is 8.81. The molecule has 0 spiro atoms. The Hall–Kier alpha value is -1.26. The van der Waals surface area contributed by atoms with Crippen LogP contribution in [0.4, 0.5) is 4.79 Å². The highest BCUT2D eigenvalue weighted by Crippen LogP contribution is 2.26. The summed E-state index contributed by atoms with van der Waals surface area (Å²) < 4.78 is 0. The lowest BCUT2D eigenvalue weighted by Crippen LogP contribution is -2.48. The first kappa shape index (κ1) is 12.8. The van der Waals surface area contributed by atoms with Crippen LogP contribution < -0.4 is 0 Å². The molecule has 0 bridgehead atoms. The highest BCUT2D eigenvalue weighted by atomic mass is 16.4. The molecule has 0 radical (unpaired) electrons. The second-order valence-electron chi connectivity index (χ2n) is 4.59. The van der Waals surface area contributed by atoms with E-state index < -0.39 is 12.0 Å². The van der Waals surface area contributed by atoms with E-state index in [1.54, 1.807) is 11.9 Å². The van der Waals surface area contributed by atoms with E-state index in [4.69, 9.17) is 5.11 Å². The van der Waals surface area contributed by atoms with Crippen molar-refractivity contribution >= 4 is 12.0 Å². The molecule has 1 aliphatic carbocycles. The number of amides is 2. The van der Waals surface area contributed by atoms with Crippen LogP contribution >= 0.6 is 0 Å². The molecule has 2 amide bonds. The van der Waals surface area contributed by atoms with Crippen LogP contribution in [-0.2, 0) is 4.79 Å². The van der Waals surface area contributed by atoms with Crippen molar-refractivity contribution in [3.63, 3.8) is 0 Å². The summed E-state index contributed by atoms with van der Waals surface area (Å²) in [6.07, 6.45) is 3.60. The molecule has 1 N–H and O–H groups in total. The number of carbonyl (C=O) groups excluding carboxylic acids is 1. The SMILES string of the molecule is CC(C(=O)O)N(C)C(=O)N(C)CC1CCC1. The molecule has 5 heteroatoms. The predicted molar refractivity (Wildman–Crippen MR) is 60.2 cm³/mol. The maximum Gasteiger partial charge on any atom is 0.326 e. The van der Waals surface area contributed by atoms with Gasteiger partial charge in [-0.05, 0) is 25.7 Å². The smallest absolute Gasteiger partial charge is 0.326 e. The van der Waals surface area contributed by atoms with Crippen LogP contribution in [0.15, 0.2) is 0 Å². The van der Waals surface area contributed by atoms with Gasteiger partial charge in [-0.1, -0.05) is 6.42 Å². The molecule has 1 aliphatic rings. The van der Waals surface area contributed by atoms with Gasteiger partial charge in [0.05, 0.1) is 0 Å². The molecule has 1 saturated carbocycles. The average molecular weight is 228 g/mol. The number of urea groups is 1. The second kappa shape index (κ2) is 5.18. The summed E-state index contributed by atoms with van der Waals surface area (Å²) in [6, 6.07) is -1.00. The summed E-state index contributed by atoms with van der Waals surface area (Å²) in [4.78, 5) is 25.5. The van der Waals surface area contributed by atoms with Crippen molar-refractivity contribution in [2.75, 3.05) is 20.6 Å². The van der Waals surface area contributed by atoms with Gasteiger partial charge < -0.3 is 14.9 Å². The average Bonchev–Trinajstić information content (AvgIpc) is 2.19. The number of carboxylic acids is 1. The van der Waals surface area contributed by atoms with Gasteiger partial charge in [-0.2, -0.15) is 0 Å². The number of carbonyl (C=O) groups is 2. The van der Waals surface area contributed by atoms with Gasteiger partial charge in [0.1, 0.15) is 6.04 Å². The Morgan fingerprint density at radius 3 is 2.31 bits per heavy atom. The lowest BCUT2D eigenvalue weighted by molar-refractivity contribution is -0.141. The molecule has 0 aromatic carbocycles. The van der Waals surface area contributed by atoms with Crippen molar-refractivity contribution in [1.82, 2.24) is 9.80 Å². The van der Waals surface area contributed by atoms with Crippen LogP contribution in [-0.4, -0.2) is 53.6 Å². The summed E-state index contributed by atoms with van der Waals surface area (Å²) >= 11 is 0. The fraction of sp³-hybridized carbons (Fsp3) is 0.818. The first-order valence-electron chi connectivity index (χ1n) is 5.64. The molecule has 0 aromatic heterocycles. The largest absolute Gasteiger partial charge is 0.480 e. The third-order valence-corrected chi connectivity index (χ3v) is 3.32. The zero-order chi connectivity index (χ0) is 12.3. The highest BCUT2D eigenvalue weighted by Gasteiger charge is 2.27. The van der Waals surface area contributed by atoms with E-state index in [1.165, 1.54) is 38.1 Å². The molecule has 1 rings (SSSR count). The molecule has 1 fully saturated rings. The monoisotopic (exact) mass is 228 g/mol. The quantitative estimate of drug-likeness (QED) is 0.787. The maximum atomic E-state index is 11.9. The minimum Gasteiger partial charge on any atom is -0.480 e. The second-order valence-corrected chi connectivity index (χ2v) is 4.59. The van der Waals surface area contributed by atoms with E-state index >= 15 is 0 Å². The molecule has 1 unspecified atom stereocenters. The Bertz CT molecular complexity index is 276. The van der Waals surface area contributed by atoms with Gasteiger partial charge in [0.2, 0.25) is 0 Å². The van der Waals surface area contributed by atoms with E-state index in [0.29, 0.717) is 5.92 Å². The molecule has 5 nitrogen and oxygen atoms in total. The molecule has 0 aromatic rings. The van der Waals surface area contributed by atoms with Crippen LogP contribution in [0, 0.1) is 5.92 Å². The third kappa shape index (κ3) is 2.87. The van der Waals surface area contributed by atoms with Gasteiger partial charge in [0.25, 0.3) is 0 Å². The standard InChI is InChI=1S/C11H20N2O3/c1-8(10(14)15)13(3)11(16)12(2)7-9-5-4-6-9/h8-9H,4-7H2,1-3H3,(H,14,15). The summed E-state index contributed by atoms with van der Waals surface area (Å²) in [7, 11) is 3.25. The van der Waals surface area contributed by atoms with Gasteiger partial charge in [0.15, 0.2) is 0 Å². The topological polar surface area (TPSA) is 60.9 Å². The van der Waals surface area contributed by atoms with Crippen molar-refractivity contribution < 1.29 is 14.7 Å². The molecular weight excluding hydrogens is 208 g/mol. The van der Waals surface area contributed by atoms with E-state index in [-0.39, 0.29) is 6.03 Å². The number of aliphatic carboxylic acids is 1. The Kier molecular flexibility index (Phi) is 4.15. The van der Waals surface area contributed by atoms with Gasteiger partial charge in [-0.25, -0.2) is 9.59 Å². The fourth-order valence-electron chi connectivity index (χ4n) is 1.74. The molecule has 0 saturated heterocycles. The minimum absolute atomic E-state index is 0.221. The normalized spacial score (nSPS) is 17.4. The molecule has 92 valence electrons. The van der Waals surface area contributed by atoms with Crippen molar-refractivity contribution in [3.8, 4) is 0 Å². The van der Waals surface area contributed by atoms with E-state index in [2.05, 4.69) is 0 Å². The van der Waals surface area contributed by atoms with Gasteiger partial charge in [0, 0.05) is 20.6 Å². The number of carboxylic acid groups (broad SMARTS) is 1. The molecule has 0 aliphatic heterocycles. The van der Waals surface area contributed by atoms with Gasteiger partial charge in [-0.15, -0.1) is 0 Å². The number of nitrogens with zero attached hydrogens (tertiary/aromatic N) is 2. The van der Waals surface area contributed by atoms with Gasteiger partial charge >= 0.3 is 12.0 Å². The lowest BCUT2D eigenvalue weighted by Gasteiger charge is -2.33. The Balaban J connectivity index is 2.44. The van der Waals surface area contributed by atoms with Gasteiger partial charge in [-0.3, -0.25) is 0 Å². The first-order chi connectivity index (χ1) is 7.43. The van der Waals surface area contributed by atoms with Crippen LogP contribution in [0.3, 0.4) is 0 Å². The van der Waals surface area contributed by atoms with E-state index in [9.17, 15) is 9.59 Å². The Morgan fingerprint density at radius 2 is 1.94 bits per heavy atom. The van der Waals surface area contributed by atoms with Crippen LogP contribution in [0.5, 0.6) is 0 Å². The Morgan fingerprint density at radius 1 is 1.38 bits per heavy atom. The fourth-order valence-corrected chi connectivity index (χ4v) is 1.74. The maximum absolute atomic E-state index is 11.9.